The molecule has 1 aliphatic heterocycles. The smallest absolute Gasteiger partial charge is 0.240 e. The van der Waals surface area contributed by atoms with Crippen LogP contribution in [0.25, 0.3) is 0 Å². The Hall–Kier alpha value is -0.630. The number of halogens is 1. The molecule has 0 spiro atoms. The average Bonchev–Trinajstić information content (AvgIpc) is 2.92. The third-order valence-corrected chi connectivity index (χ3v) is 5.76. The molecule has 2 unspecified atom stereocenters. The van der Waals surface area contributed by atoms with Crippen molar-refractivity contribution in [1.82, 2.24) is 4.72 Å². The van der Waals surface area contributed by atoms with Gasteiger partial charge < -0.3 is 9.47 Å². The molecule has 1 fully saturated rings. The van der Waals surface area contributed by atoms with Gasteiger partial charge in [-0.2, -0.15) is 0 Å². The molecule has 0 amide bonds. The van der Waals surface area contributed by atoms with E-state index in [1.165, 1.54) is 13.2 Å². The molecule has 2 rings (SSSR count). The van der Waals surface area contributed by atoms with Crippen molar-refractivity contribution in [3.05, 3.63) is 22.7 Å². The van der Waals surface area contributed by atoms with Crippen LogP contribution in [-0.2, 0) is 14.8 Å². The van der Waals surface area contributed by atoms with E-state index in [-0.39, 0.29) is 16.9 Å². The quantitative estimate of drug-likeness (QED) is 0.827. The molecule has 0 aliphatic carbocycles. The Morgan fingerprint density at radius 2 is 2.24 bits per heavy atom. The summed E-state index contributed by atoms with van der Waals surface area (Å²) in [5.74, 6) is 0.843. The molecule has 1 heterocycles. The molecule has 7 heteroatoms. The Balaban J connectivity index is 2.06. The molecular weight excluding hydrogens is 358 g/mol. The minimum absolute atomic E-state index is 0.148. The second-order valence-corrected chi connectivity index (χ2v) is 7.64. The van der Waals surface area contributed by atoms with Gasteiger partial charge >= 0.3 is 0 Å². The first-order valence-electron chi connectivity index (χ1n) is 6.92. The summed E-state index contributed by atoms with van der Waals surface area (Å²) >= 11 is 3.30. The number of ether oxygens (including phenoxy) is 2. The molecule has 1 N–H and O–H groups in total. The summed E-state index contributed by atoms with van der Waals surface area (Å²) < 4.78 is 38.6. The Kier molecular flexibility index (Phi) is 5.65. The van der Waals surface area contributed by atoms with Crippen LogP contribution in [0.1, 0.15) is 19.8 Å². The van der Waals surface area contributed by atoms with Crippen molar-refractivity contribution in [2.45, 2.75) is 30.8 Å². The van der Waals surface area contributed by atoms with E-state index in [2.05, 4.69) is 27.6 Å². The van der Waals surface area contributed by atoms with Gasteiger partial charge in [0, 0.05) is 19.1 Å². The molecule has 5 nitrogen and oxygen atoms in total. The summed E-state index contributed by atoms with van der Waals surface area (Å²) in [6.07, 6.45) is 1.95. The van der Waals surface area contributed by atoms with Crippen LogP contribution in [0.2, 0.25) is 0 Å². The third-order valence-electron chi connectivity index (χ3n) is 3.72. The molecule has 0 aromatic heterocycles. The summed E-state index contributed by atoms with van der Waals surface area (Å²) in [6.45, 7) is 3.17. The van der Waals surface area contributed by atoms with E-state index in [0.717, 1.165) is 12.8 Å². The molecule has 1 aromatic carbocycles. The maximum Gasteiger partial charge on any atom is 0.240 e. The van der Waals surface area contributed by atoms with Gasteiger partial charge in [0.25, 0.3) is 0 Å². The van der Waals surface area contributed by atoms with Gasteiger partial charge in [0.15, 0.2) is 0 Å². The van der Waals surface area contributed by atoms with Crippen LogP contribution in [0.5, 0.6) is 5.75 Å². The van der Waals surface area contributed by atoms with Crippen molar-refractivity contribution in [2.75, 3.05) is 20.3 Å². The zero-order valence-electron chi connectivity index (χ0n) is 12.1. The van der Waals surface area contributed by atoms with Crippen molar-refractivity contribution < 1.29 is 17.9 Å². The number of sulfonamides is 1. The number of hydrogen-bond donors (Lipinski definition) is 1. The summed E-state index contributed by atoms with van der Waals surface area (Å²) in [7, 11) is -1.98. The number of rotatable bonds is 6. The summed E-state index contributed by atoms with van der Waals surface area (Å²) in [5, 5.41) is 0. The lowest BCUT2D eigenvalue weighted by atomic mass is 10.0. The first-order valence-corrected chi connectivity index (χ1v) is 9.20. The molecular formula is C14H20BrNO4S. The predicted octanol–water partition coefficient (Wildman–Crippen LogP) is 2.55. The van der Waals surface area contributed by atoms with Crippen LogP contribution in [0.4, 0.5) is 0 Å². The van der Waals surface area contributed by atoms with Crippen LogP contribution >= 0.6 is 15.9 Å². The van der Waals surface area contributed by atoms with Gasteiger partial charge in [-0.25, -0.2) is 13.1 Å². The molecule has 0 radical (unpaired) electrons. The highest BCUT2D eigenvalue weighted by atomic mass is 79.9. The predicted molar refractivity (Wildman–Crippen MR) is 84.0 cm³/mol. The fourth-order valence-corrected chi connectivity index (χ4v) is 4.30. The highest BCUT2D eigenvalue weighted by Crippen LogP contribution is 2.28. The topological polar surface area (TPSA) is 64.6 Å². The second kappa shape index (κ2) is 7.09. The molecule has 21 heavy (non-hydrogen) atoms. The van der Waals surface area contributed by atoms with Crippen molar-refractivity contribution in [2.24, 2.45) is 5.92 Å². The molecule has 2 atom stereocenters. The number of nitrogens with one attached hydrogen (secondary N) is 1. The lowest BCUT2D eigenvalue weighted by molar-refractivity contribution is 0.0884. The van der Waals surface area contributed by atoms with Gasteiger partial charge in [-0.1, -0.05) is 6.92 Å². The fourth-order valence-electron chi connectivity index (χ4n) is 2.49. The van der Waals surface area contributed by atoms with Crippen LogP contribution in [0.3, 0.4) is 0 Å². The van der Waals surface area contributed by atoms with Gasteiger partial charge in [-0.05, 0) is 47.0 Å². The normalized spacial score (nSPS) is 22.4. The lowest BCUT2D eigenvalue weighted by Gasteiger charge is -2.17. The molecule has 1 saturated heterocycles. The standard InChI is InChI=1S/C14H20BrNO4S/c1-3-13-10(6-7-20-13)9-16-21(17,18)11-4-5-14(19-2)12(15)8-11/h4-5,8,10,13,16H,3,6-7,9H2,1-2H3. The number of methoxy groups -OCH3 is 1. The minimum Gasteiger partial charge on any atom is -0.496 e. The number of hydrogen-bond acceptors (Lipinski definition) is 4. The van der Waals surface area contributed by atoms with Crippen LogP contribution in [-0.4, -0.2) is 34.8 Å². The Morgan fingerprint density at radius 1 is 1.48 bits per heavy atom. The second-order valence-electron chi connectivity index (χ2n) is 5.01. The van der Waals surface area contributed by atoms with E-state index >= 15 is 0 Å². The highest BCUT2D eigenvalue weighted by molar-refractivity contribution is 9.10. The van der Waals surface area contributed by atoms with Gasteiger partial charge in [0.05, 0.1) is 22.6 Å². The maximum atomic E-state index is 12.3. The Morgan fingerprint density at radius 3 is 2.86 bits per heavy atom. The van der Waals surface area contributed by atoms with Crippen LogP contribution in [0.15, 0.2) is 27.6 Å². The van der Waals surface area contributed by atoms with E-state index in [9.17, 15) is 8.42 Å². The van der Waals surface area contributed by atoms with Crippen molar-refractivity contribution in [1.29, 1.82) is 0 Å². The first-order chi connectivity index (χ1) is 9.97. The van der Waals surface area contributed by atoms with Crippen LogP contribution < -0.4 is 9.46 Å². The first kappa shape index (κ1) is 16.7. The zero-order chi connectivity index (χ0) is 15.5. The minimum atomic E-state index is -3.52. The maximum absolute atomic E-state index is 12.3. The summed E-state index contributed by atoms with van der Waals surface area (Å²) in [6, 6.07) is 4.71. The van der Waals surface area contributed by atoms with Crippen molar-refractivity contribution in [3.63, 3.8) is 0 Å². The van der Waals surface area contributed by atoms with Gasteiger partial charge in [0.1, 0.15) is 5.75 Å². The summed E-state index contributed by atoms with van der Waals surface area (Å²) in [4.78, 5) is 0.224. The molecule has 0 bridgehead atoms. The van der Waals surface area contributed by atoms with Gasteiger partial charge in [0.2, 0.25) is 10.0 Å². The zero-order valence-corrected chi connectivity index (χ0v) is 14.5. The number of benzene rings is 1. The third kappa shape index (κ3) is 3.97. The highest BCUT2D eigenvalue weighted by Gasteiger charge is 2.28. The lowest BCUT2D eigenvalue weighted by Crippen LogP contribution is -2.32. The Labute approximate surface area is 134 Å². The fraction of sp³-hybridized carbons (Fsp3) is 0.571. The molecule has 1 aromatic rings. The van der Waals surface area contributed by atoms with Gasteiger partial charge in [-0.3, -0.25) is 0 Å². The van der Waals surface area contributed by atoms with E-state index in [1.807, 2.05) is 0 Å². The van der Waals surface area contributed by atoms with Crippen molar-refractivity contribution >= 4 is 26.0 Å². The van der Waals surface area contributed by atoms with Crippen molar-refractivity contribution in [3.8, 4) is 5.75 Å². The average molecular weight is 378 g/mol. The molecule has 1 aliphatic rings. The largest absolute Gasteiger partial charge is 0.496 e. The SMILES string of the molecule is CCC1OCCC1CNS(=O)(=O)c1ccc(OC)c(Br)c1. The van der Waals surface area contributed by atoms with E-state index in [1.54, 1.807) is 12.1 Å². The Bertz CT molecular complexity index is 591. The van der Waals surface area contributed by atoms with E-state index in [0.29, 0.717) is 23.4 Å². The van der Waals surface area contributed by atoms with Crippen LogP contribution in [0, 0.1) is 5.92 Å². The van der Waals surface area contributed by atoms with E-state index in [4.69, 9.17) is 9.47 Å². The van der Waals surface area contributed by atoms with Gasteiger partial charge in [-0.15, -0.1) is 0 Å². The van der Waals surface area contributed by atoms with E-state index < -0.39 is 10.0 Å². The molecule has 118 valence electrons. The molecule has 0 saturated carbocycles. The monoisotopic (exact) mass is 377 g/mol. The summed E-state index contributed by atoms with van der Waals surface area (Å²) in [5.41, 5.74) is 0.